The summed E-state index contributed by atoms with van der Waals surface area (Å²) in [7, 11) is -11.0. The fraction of sp³-hybridized carbons (Fsp3) is 0.786. The molecule has 0 aromatic carbocycles. The van der Waals surface area contributed by atoms with Gasteiger partial charge in [0.1, 0.15) is 48.7 Å². The molecule has 2 aliphatic rings. The molecule has 0 spiro atoms. The molecule has 13 atom stereocenters. The third kappa shape index (κ3) is 14.7. The monoisotopic (exact) mass is 780 g/mol. The lowest BCUT2D eigenvalue weighted by Crippen LogP contribution is -2.69. The molecule has 23 heteroatoms. The van der Waals surface area contributed by atoms with Crippen molar-refractivity contribution in [1.29, 1.82) is 0 Å². The Morgan fingerprint density at radius 3 is 1.94 bits per heavy atom. The van der Waals surface area contributed by atoms with Gasteiger partial charge in [-0.3, -0.25) is 9.05 Å². The van der Waals surface area contributed by atoms with Gasteiger partial charge < -0.3 is 70.4 Å². The van der Waals surface area contributed by atoms with E-state index in [1.165, 1.54) is 11.1 Å². The summed E-state index contributed by atoms with van der Waals surface area (Å²) in [5.41, 5.74) is 2.39. The minimum Gasteiger partial charge on any atom is -0.465 e. The number of phosphoric ester groups is 2. The van der Waals surface area contributed by atoms with Crippen LogP contribution in [-0.2, 0) is 36.7 Å². The Balaban J connectivity index is 2.11. The van der Waals surface area contributed by atoms with E-state index < -0.39 is 102 Å². The Morgan fingerprint density at radius 2 is 1.39 bits per heavy atom. The zero-order chi connectivity index (χ0) is 38.7. The van der Waals surface area contributed by atoms with E-state index in [0.29, 0.717) is 0 Å². The van der Waals surface area contributed by atoms with Crippen LogP contribution in [-0.4, -0.2) is 139 Å². The molecule has 21 nitrogen and oxygen atoms in total. The van der Waals surface area contributed by atoms with Crippen molar-refractivity contribution in [2.75, 3.05) is 19.8 Å². The van der Waals surface area contributed by atoms with E-state index in [2.05, 4.69) is 16.5 Å². The molecule has 51 heavy (non-hydrogen) atoms. The van der Waals surface area contributed by atoms with Crippen LogP contribution >= 0.6 is 15.6 Å². The molecule has 296 valence electrons. The minimum absolute atomic E-state index is 0.0253. The van der Waals surface area contributed by atoms with Crippen LogP contribution in [0, 0.1) is 5.92 Å². The first kappa shape index (κ1) is 45.1. The molecule has 0 radical (unpaired) electrons. The van der Waals surface area contributed by atoms with Crippen LogP contribution in [0.15, 0.2) is 23.3 Å². The molecule has 2 aliphatic heterocycles. The van der Waals surface area contributed by atoms with Gasteiger partial charge in [0, 0.05) is 0 Å². The summed E-state index contributed by atoms with van der Waals surface area (Å²) in [6.45, 7) is 5.58. The van der Waals surface area contributed by atoms with Gasteiger partial charge in [0.25, 0.3) is 0 Å². The number of nitrogens with one attached hydrogen (secondary N) is 2. The number of rotatable bonds is 19. The SMILES string of the molecule is CC(C)=CCC(C)=CCCC(C)CCOP(=O)(O)OP(=O)(O)OC1OC(CO)C(OC2OC(CO)C(O)C(O)C2NC(=O)O)C(O)C1NC(=O)O. The highest BCUT2D eigenvalue weighted by Gasteiger charge is 2.54. The zero-order valence-electron chi connectivity index (χ0n) is 28.5. The lowest BCUT2D eigenvalue weighted by atomic mass is 9.95. The van der Waals surface area contributed by atoms with Crippen LogP contribution in [0.25, 0.3) is 0 Å². The first-order chi connectivity index (χ1) is 23.7. The van der Waals surface area contributed by atoms with Crippen LogP contribution in [0.5, 0.6) is 0 Å². The molecule has 13 unspecified atom stereocenters. The first-order valence-electron chi connectivity index (χ1n) is 15.9. The van der Waals surface area contributed by atoms with Gasteiger partial charge in [0.2, 0.25) is 0 Å². The molecule has 0 saturated carbocycles. The van der Waals surface area contributed by atoms with E-state index >= 15 is 0 Å². The second-order valence-corrected chi connectivity index (χ2v) is 15.4. The van der Waals surface area contributed by atoms with Crippen LogP contribution in [0.2, 0.25) is 0 Å². The molecule has 11 N–H and O–H groups in total. The Hall–Kier alpha value is -2.04. The summed E-state index contributed by atoms with van der Waals surface area (Å²) < 4.78 is 55.6. The number of phosphoric acid groups is 2. The van der Waals surface area contributed by atoms with Gasteiger partial charge in [-0.15, -0.1) is 0 Å². The Kier molecular flexibility index (Phi) is 18.1. The summed E-state index contributed by atoms with van der Waals surface area (Å²) in [5.74, 6) is 0.0253. The smallest absolute Gasteiger partial charge is 0.465 e. The fourth-order valence-corrected chi connectivity index (χ4v) is 7.32. The third-order valence-electron chi connectivity index (χ3n) is 7.90. The molecule has 2 fully saturated rings. The highest BCUT2D eigenvalue weighted by Crippen LogP contribution is 2.61. The van der Waals surface area contributed by atoms with Crippen molar-refractivity contribution in [1.82, 2.24) is 10.6 Å². The number of carboxylic acid groups (broad SMARTS) is 2. The summed E-state index contributed by atoms with van der Waals surface area (Å²) in [4.78, 5) is 43.3. The number of aliphatic hydroxyl groups is 5. The lowest BCUT2D eigenvalue weighted by molar-refractivity contribution is -0.325. The molecular weight excluding hydrogens is 730 g/mol. The Labute approximate surface area is 294 Å². The van der Waals surface area contributed by atoms with Gasteiger partial charge in [-0.2, -0.15) is 4.31 Å². The van der Waals surface area contributed by atoms with E-state index in [-0.39, 0.29) is 18.9 Å². The van der Waals surface area contributed by atoms with Crippen molar-refractivity contribution in [3.05, 3.63) is 23.3 Å². The second-order valence-electron chi connectivity index (χ2n) is 12.4. The molecule has 0 aromatic heterocycles. The summed E-state index contributed by atoms with van der Waals surface area (Å²) >= 11 is 0. The van der Waals surface area contributed by atoms with Gasteiger partial charge in [0.15, 0.2) is 12.6 Å². The van der Waals surface area contributed by atoms with E-state index in [1.807, 2.05) is 33.0 Å². The second kappa shape index (κ2) is 20.4. The summed E-state index contributed by atoms with van der Waals surface area (Å²) in [6, 6.07) is -3.82. The van der Waals surface area contributed by atoms with Crippen LogP contribution < -0.4 is 10.6 Å². The third-order valence-corrected chi connectivity index (χ3v) is 10.5. The largest absolute Gasteiger partial charge is 0.483 e. The van der Waals surface area contributed by atoms with E-state index in [1.54, 1.807) is 5.32 Å². The van der Waals surface area contributed by atoms with Crippen molar-refractivity contribution in [3.8, 4) is 0 Å². The lowest BCUT2D eigenvalue weighted by Gasteiger charge is -2.47. The zero-order valence-corrected chi connectivity index (χ0v) is 30.2. The average Bonchev–Trinajstić information content (AvgIpc) is 3.01. The molecule has 0 bridgehead atoms. The van der Waals surface area contributed by atoms with Crippen LogP contribution in [0.3, 0.4) is 0 Å². The van der Waals surface area contributed by atoms with Gasteiger partial charge >= 0.3 is 27.8 Å². The average molecular weight is 781 g/mol. The van der Waals surface area contributed by atoms with Gasteiger partial charge in [-0.1, -0.05) is 30.2 Å². The number of hydrogen-bond donors (Lipinski definition) is 11. The van der Waals surface area contributed by atoms with Crippen molar-refractivity contribution < 1.29 is 91.8 Å². The van der Waals surface area contributed by atoms with Crippen molar-refractivity contribution in [2.45, 2.75) is 115 Å². The number of aliphatic hydroxyl groups excluding tert-OH is 5. The molecule has 2 heterocycles. The quantitative estimate of drug-likeness (QED) is 0.0628. The Morgan fingerprint density at radius 1 is 0.824 bits per heavy atom. The molecule has 2 rings (SSSR count). The highest BCUT2D eigenvalue weighted by atomic mass is 31.3. The molecule has 2 saturated heterocycles. The Bertz CT molecular complexity index is 1300. The molecule has 2 amide bonds. The van der Waals surface area contributed by atoms with Crippen molar-refractivity contribution in [3.63, 3.8) is 0 Å². The van der Waals surface area contributed by atoms with Gasteiger partial charge in [-0.05, 0) is 52.4 Å². The van der Waals surface area contributed by atoms with Crippen LogP contribution in [0.1, 0.15) is 53.4 Å². The summed E-state index contributed by atoms with van der Waals surface area (Å²) in [6.07, 6.45) is -12.1. The number of amides is 2. The topological polar surface area (TPSA) is 330 Å². The van der Waals surface area contributed by atoms with Crippen molar-refractivity contribution >= 4 is 27.8 Å². The molecule has 0 aliphatic carbocycles. The van der Waals surface area contributed by atoms with Crippen molar-refractivity contribution in [2.24, 2.45) is 5.92 Å². The number of ether oxygens (including phenoxy) is 3. The highest BCUT2D eigenvalue weighted by molar-refractivity contribution is 7.61. The predicted molar refractivity (Wildman–Crippen MR) is 173 cm³/mol. The van der Waals surface area contributed by atoms with Gasteiger partial charge in [-0.25, -0.2) is 18.7 Å². The maximum Gasteiger partial charge on any atom is 0.483 e. The fourth-order valence-electron chi connectivity index (χ4n) is 5.15. The maximum atomic E-state index is 12.8. The summed E-state index contributed by atoms with van der Waals surface area (Å²) in [5, 5.41) is 73.4. The maximum absolute atomic E-state index is 12.8. The van der Waals surface area contributed by atoms with Crippen LogP contribution in [0.4, 0.5) is 9.59 Å². The number of carbonyl (C=O) groups is 2. The predicted octanol–water partition coefficient (Wildman–Crippen LogP) is 0.521. The van der Waals surface area contributed by atoms with E-state index in [0.717, 1.165) is 19.3 Å². The van der Waals surface area contributed by atoms with E-state index in [9.17, 15) is 64.3 Å². The number of hydrogen-bond acceptors (Lipinski definition) is 15. The number of allylic oxidation sites excluding steroid dienone is 4. The first-order valence-corrected chi connectivity index (χ1v) is 18.9. The minimum atomic E-state index is -5.67. The van der Waals surface area contributed by atoms with E-state index in [4.69, 9.17) is 23.3 Å². The molecular formula is C28H50N2O19P2. The normalized spacial score (nSPS) is 33.0. The molecule has 0 aromatic rings. The standard InChI is InChI=1S/C28H50N2O19P2/c1-14(2)8-9-15(3)6-5-7-16(4)10-11-44-50(40,41)49-51(42,43)48-26-20(30-28(38)39)23(35)24(18(13-32)46-26)47-25-19(29-27(36)37)22(34)21(33)17(12-31)45-25/h6,8,16-26,29-35H,5,7,9-13H2,1-4H3,(H,36,37)(H,38,39)(H,40,41)(H,42,43). The van der Waals surface area contributed by atoms with Gasteiger partial charge in [0.05, 0.1) is 19.8 Å².